The first-order valence-electron chi connectivity index (χ1n) is 8.58. The van der Waals surface area contributed by atoms with Gasteiger partial charge in [-0.15, -0.1) is 0 Å². The second kappa shape index (κ2) is 9.06. The smallest absolute Gasteiger partial charge is 0.416 e. The van der Waals surface area contributed by atoms with Gasteiger partial charge in [0.2, 0.25) is 0 Å². The third kappa shape index (κ3) is 5.47. The Bertz CT molecular complexity index is 1000. The standard InChI is InChI=1S/C19H12F11NO2/c20-15(21)17(24,25)19(29,30)16(22,23)9-33-14-6-5-11(18(26,27)28)7-12(14)31-8-10-3-1-2-4-13(10)32/h1-8,15,32H,9H2. The first-order chi connectivity index (χ1) is 15.0. The van der Waals surface area contributed by atoms with Gasteiger partial charge in [0.1, 0.15) is 17.2 Å². The van der Waals surface area contributed by atoms with Crippen LogP contribution in [0.5, 0.6) is 11.5 Å². The van der Waals surface area contributed by atoms with Crippen LogP contribution in [0.25, 0.3) is 0 Å². The molecule has 0 radical (unpaired) electrons. The van der Waals surface area contributed by atoms with Crippen molar-refractivity contribution in [3.05, 3.63) is 53.6 Å². The highest BCUT2D eigenvalue weighted by Crippen LogP contribution is 2.49. The van der Waals surface area contributed by atoms with E-state index in [1.165, 1.54) is 24.3 Å². The normalized spacial score (nSPS) is 13.7. The molecule has 0 atom stereocenters. The number of rotatable bonds is 8. The summed E-state index contributed by atoms with van der Waals surface area (Å²) in [5.41, 5.74) is -2.26. The Hall–Kier alpha value is -3.06. The van der Waals surface area contributed by atoms with E-state index in [0.717, 1.165) is 6.21 Å². The van der Waals surface area contributed by atoms with Crippen LogP contribution in [0.1, 0.15) is 11.1 Å². The number of ether oxygens (including phenoxy) is 1. The van der Waals surface area contributed by atoms with Crippen LogP contribution >= 0.6 is 0 Å². The first-order valence-corrected chi connectivity index (χ1v) is 8.58. The van der Waals surface area contributed by atoms with Crippen molar-refractivity contribution in [3.8, 4) is 11.5 Å². The molecule has 0 saturated heterocycles. The van der Waals surface area contributed by atoms with Gasteiger partial charge in [0.15, 0.2) is 6.61 Å². The number of halogens is 11. The molecule has 0 heterocycles. The van der Waals surface area contributed by atoms with Crippen molar-refractivity contribution in [2.45, 2.75) is 30.4 Å². The summed E-state index contributed by atoms with van der Waals surface area (Å²) in [6.07, 6.45) is -9.30. The van der Waals surface area contributed by atoms with Crippen molar-refractivity contribution in [3.63, 3.8) is 0 Å². The molecule has 33 heavy (non-hydrogen) atoms. The number of hydrogen-bond acceptors (Lipinski definition) is 3. The van der Waals surface area contributed by atoms with Gasteiger partial charge in [-0.2, -0.15) is 39.5 Å². The Balaban J connectivity index is 2.40. The summed E-state index contributed by atoms with van der Waals surface area (Å²) in [5.74, 6) is -20.2. The van der Waals surface area contributed by atoms with E-state index in [0.29, 0.717) is 12.1 Å². The Morgan fingerprint density at radius 1 is 0.909 bits per heavy atom. The van der Waals surface area contributed by atoms with Gasteiger partial charge in [-0.3, -0.25) is 4.99 Å². The average Bonchev–Trinajstić information content (AvgIpc) is 2.70. The lowest BCUT2D eigenvalue weighted by Gasteiger charge is -2.32. The molecule has 2 aromatic carbocycles. The lowest BCUT2D eigenvalue weighted by molar-refractivity contribution is -0.342. The maximum Gasteiger partial charge on any atom is 0.416 e. The molecule has 14 heteroatoms. The van der Waals surface area contributed by atoms with Crippen molar-refractivity contribution in [1.29, 1.82) is 0 Å². The predicted molar refractivity (Wildman–Crippen MR) is 93.1 cm³/mol. The minimum atomic E-state index is -6.56. The van der Waals surface area contributed by atoms with Crippen molar-refractivity contribution in [2.24, 2.45) is 4.99 Å². The Morgan fingerprint density at radius 3 is 2.06 bits per heavy atom. The number of benzene rings is 2. The first kappa shape index (κ1) is 26.2. The van der Waals surface area contributed by atoms with E-state index in [1.54, 1.807) is 0 Å². The third-order valence-corrected chi connectivity index (χ3v) is 4.13. The van der Waals surface area contributed by atoms with Gasteiger partial charge in [0, 0.05) is 11.8 Å². The van der Waals surface area contributed by atoms with Crippen LogP contribution in [-0.2, 0) is 6.18 Å². The fraction of sp³-hybridized carbons (Fsp3) is 0.316. The number of aliphatic imine (C=N–C) groups is 1. The molecule has 0 saturated carbocycles. The van der Waals surface area contributed by atoms with Crippen LogP contribution in [0.2, 0.25) is 0 Å². The van der Waals surface area contributed by atoms with E-state index in [2.05, 4.69) is 9.73 Å². The van der Waals surface area contributed by atoms with Crippen molar-refractivity contribution >= 4 is 11.9 Å². The molecule has 0 fully saturated rings. The summed E-state index contributed by atoms with van der Waals surface area (Å²) in [6, 6.07) is 6.21. The summed E-state index contributed by atoms with van der Waals surface area (Å²) in [7, 11) is 0. The van der Waals surface area contributed by atoms with E-state index in [9.17, 15) is 53.4 Å². The molecular formula is C19H12F11NO2. The fourth-order valence-corrected chi connectivity index (χ4v) is 2.29. The predicted octanol–water partition coefficient (Wildman–Crippen LogP) is 6.71. The van der Waals surface area contributed by atoms with Gasteiger partial charge in [-0.05, 0) is 30.3 Å². The van der Waals surface area contributed by atoms with Crippen molar-refractivity contribution < 1.29 is 58.1 Å². The quantitative estimate of drug-likeness (QED) is 0.327. The third-order valence-electron chi connectivity index (χ3n) is 4.13. The topological polar surface area (TPSA) is 41.8 Å². The van der Waals surface area contributed by atoms with Crippen LogP contribution in [0.15, 0.2) is 47.5 Å². The second-order valence-corrected chi connectivity index (χ2v) is 6.49. The molecule has 3 nitrogen and oxygen atoms in total. The molecule has 0 aliphatic carbocycles. The number of aromatic hydroxyl groups is 1. The highest BCUT2D eigenvalue weighted by atomic mass is 19.4. The lowest BCUT2D eigenvalue weighted by Crippen LogP contribution is -2.59. The van der Waals surface area contributed by atoms with Gasteiger partial charge in [-0.25, -0.2) is 8.78 Å². The van der Waals surface area contributed by atoms with E-state index >= 15 is 0 Å². The maximum atomic E-state index is 13.7. The highest BCUT2D eigenvalue weighted by Gasteiger charge is 2.75. The molecule has 2 rings (SSSR count). The summed E-state index contributed by atoms with van der Waals surface area (Å²) >= 11 is 0. The van der Waals surface area contributed by atoms with Crippen molar-refractivity contribution in [1.82, 2.24) is 0 Å². The number of nitrogens with zero attached hydrogens (tertiary/aromatic N) is 1. The maximum absolute atomic E-state index is 13.7. The zero-order chi connectivity index (χ0) is 25.2. The minimum absolute atomic E-state index is 0.0469. The lowest BCUT2D eigenvalue weighted by atomic mass is 10.1. The highest BCUT2D eigenvalue weighted by molar-refractivity contribution is 5.85. The molecule has 0 aliphatic heterocycles. The molecule has 182 valence electrons. The molecule has 1 N–H and O–H groups in total. The number of phenolic OH excluding ortho intramolecular Hbond substituents is 1. The van der Waals surface area contributed by atoms with Gasteiger partial charge in [0.25, 0.3) is 0 Å². The van der Waals surface area contributed by atoms with E-state index < -0.39 is 54.0 Å². The fourth-order valence-electron chi connectivity index (χ4n) is 2.29. The molecule has 0 spiro atoms. The SMILES string of the molecule is Oc1ccccc1C=Nc1cc(C(F)(F)F)ccc1OCC(F)(F)C(F)(F)C(F)(F)C(F)F. The van der Waals surface area contributed by atoms with Crippen LogP contribution in [0, 0.1) is 0 Å². The number of phenols is 1. The van der Waals surface area contributed by atoms with Crippen LogP contribution in [0.3, 0.4) is 0 Å². The zero-order valence-corrected chi connectivity index (χ0v) is 15.9. The second-order valence-electron chi connectivity index (χ2n) is 6.49. The van der Waals surface area contributed by atoms with E-state index in [-0.39, 0.29) is 17.4 Å². The van der Waals surface area contributed by atoms with Crippen LogP contribution in [0.4, 0.5) is 54.0 Å². The largest absolute Gasteiger partial charge is 0.507 e. The summed E-state index contributed by atoms with van der Waals surface area (Å²) in [6.45, 7) is -2.59. The molecule has 0 amide bonds. The van der Waals surface area contributed by atoms with Gasteiger partial charge in [0.05, 0.1) is 5.56 Å². The molecule has 0 unspecified atom stereocenters. The molecule has 2 aromatic rings. The summed E-state index contributed by atoms with van der Waals surface area (Å²) in [5, 5.41) is 9.64. The van der Waals surface area contributed by atoms with E-state index in [1.807, 2.05) is 0 Å². The zero-order valence-electron chi connectivity index (χ0n) is 15.9. The average molecular weight is 495 g/mol. The minimum Gasteiger partial charge on any atom is -0.507 e. The van der Waals surface area contributed by atoms with E-state index in [4.69, 9.17) is 0 Å². The number of para-hydroxylation sites is 1. The molecule has 0 aromatic heterocycles. The molecular weight excluding hydrogens is 483 g/mol. The Kier molecular flexibility index (Phi) is 7.19. The molecule has 0 aliphatic rings. The Labute approximate surface area is 178 Å². The van der Waals surface area contributed by atoms with Gasteiger partial charge < -0.3 is 9.84 Å². The summed E-state index contributed by atoms with van der Waals surface area (Å²) in [4.78, 5) is 3.54. The number of hydrogen-bond donors (Lipinski definition) is 1. The summed E-state index contributed by atoms with van der Waals surface area (Å²) < 4.78 is 148. The van der Waals surface area contributed by atoms with Gasteiger partial charge in [-0.1, -0.05) is 12.1 Å². The van der Waals surface area contributed by atoms with Crippen LogP contribution in [-0.4, -0.2) is 42.1 Å². The number of alkyl halides is 11. The van der Waals surface area contributed by atoms with Crippen LogP contribution < -0.4 is 4.74 Å². The van der Waals surface area contributed by atoms with Gasteiger partial charge >= 0.3 is 30.4 Å². The Morgan fingerprint density at radius 2 is 1.52 bits per heavy atom. The van der Waals surface area contributed by atoms with Crippen molar-refractivity contribution in [2.75, 3.05) is 6.61 Å². The monoisotopic (exact) mass is 495 g/mol. The molecule has 0 bridgehead atoms.